The van der Waals surface area contributed by atoms with Gasteiger partial charge in [0.15, 0.2) is 0 Å². The summed E-state index contributed by atoms with van der Waals surface area (Å²) in [5.74, 6) is 0.314. The van der Waals surface area contributed by atoms with Gasteiger partial charge in [-0.05, 0) is 43.0 Å². The predicted octanol–water partition coefficient (Wildman–Crippen LogP) is 2.39. The molecule has 72 valence electrons. The average Bonchev–Trinajstić information content (AvgIpc) is 2.12. The van der Waals surface area contributed by atoms with Gasteiger partial charge in [0, 0.05) is 11.1 Å². The van der Waals surface area contributed by atoms with E-state index in [0.717, 1.165) is 15.6 Å². The van der Waals surface area contributed by atoms with Crippen molar-refractivity contribution < 1.29 is 10.2 Å². The number of hydrogen-bond donors (Lipinski definition) is 2. The van der Waals surface area contributed by atoms with Gasteiger partial charge in [-0.25, -0.2) is 0 Å². The number of phenolic OH excluding ortho intramolecular Hbond substituents is 1. The number of benzene rings is 1. The van der Waals surface area contributed by atoms with E-state index in [0.29, 0.717) is 18.6 Å². The minimum atomic E-state index is 0.158. The van der Waals surface area contributed by atoms with Crippen LogP contribution in [0.25, 0.3) is 0 Å². The second kappa shape index (κ2) is 4.63. The Labute approximate surface area is 86.3 Å². The summed E-state index contributed by atoms with van der Waals surface area (Å²) in [5, 5.41) is 18.2. The van der Waals surface area contributed by atoms with Crippen LogP contribution >= 0.6 is 15.9 Å². The molecule has 0 saturated heterocycles. The molecule has 3 heteroatoms. The van der Waals surface area contributed by atoms with Crippen molar-refractivity contribution in [2.75, 3.05) is 6.61 Å². The van der Waals surface area contributed by atoms with Gasteiger partial charge in [-0.3, -0.25) is 0 Å². The highest BCUT2D eigenvalue weighted by Gasteiger charge is 2.06. The third-order valence-corrected chi connectivity index (χ3v) is 2.95. The third kappa shape index (κ3) is 2.45. The SMILES string of the molecule is Cc1c(Br)ccc(O)c1CCCO. The quantitative estimate of drug-likeness (QED) is 0.858. The summed E-state index contributed by atoms with van der Waals surface area (Å²) >= 11 is 3.40. The second-order valence-corrected chi connectivity index (χ2v) is 3.85. The number of halogens is 1. The molecule has 1 rings (SSSR count). The molecule has 0 aromatic heterocycles. The summed E-state index contributed by atoms with van der Waals surface area (Å²) < 4.78 is 0.998. The van der Waals surface area contributed by atoms with Crippen molar-refractivity contribution in [1.82, 2.24) is 0 Å². The Morgan fingerprint density at radius 1 is 1.38 bits per heavy atom. The first-order valence-corrected chi connectivity index (χ1v) is 5.04. The number of aliphatic hydroxyl groups excluding tert-OH is 1. The van der Waals surface area contributed by atoms with Crippen molar-refractivity contribution in [3.63, 3.8) is 0 Å². The van der Waals surface area contributed by atoms with Crippen LogP contribution in [0.15, 0.2) is 16.6 Å². The number of rotatable bonds is 3. The fourth-order valence-corrected chi connectivity index (χ4v) is 1.66. The molecule has 2 N–H and O–H groups in total. The summed E-state index contributed by atoms with van der Waals surface area (Å²) in [4.78, 5) is 0. The highest BCUT2D eigenvalue weighted by Crippen LogP contribution is 2.28. The zero-order valence-corrected chi connectivity index (χ0v) is 9.13. The van der Waals surface area contributed by atoms with Crippen molar-refractivity contribution in [2.24, 2.45) is 0 Å². The van der Waals surface area contributed by atoms with Gasteiger partial charge < -0.3 is 10.2 Å². The molecule has 0 amide bonds. The predicted molar refractivity (Wildman–Crippen MR) is 56.0 cm³/mol. The summed E-state index contributed by atoms with van der Waals surface area (Å²) in [6, 6.07) is 3.50. The van der Waals surface area contributed by atoms with E-state index in [1.165, 1.54) is 0 Å². The van der Waals surface area contributed by atoms with Gasteiger partial charge in [0.1, 0.15) is 5.75 Å². The lowest BCUT2D eigenvalue weighted by atomic mass is 10.0. The molecule has 1 aromatic rings. The highest BCUT2D eigenvalue weighted by atomic mass is 79.9. The van der Waals surface area contributed by atoms with Crippen molar-refractivity contribution >= 4 is 15.9 Å². The normalized spacial score (nSPS) is 10.4. The molecule has 0 saturated carbocycles. The Morgan fingerprint density at radius 2 is 2.08 bits per heavy atom. The van der Waals surface area contributed by atoms with E-state index in [2.05, 4.69) is 15.9 Å². The number of aliphatic hydroxyl groups is 1. The lowest BCUT2D eigenvalue weighted by Gasteiger charge is -2.08. The zero-order valence-electron chi connectivity index (χ0n) is 7.55. The minimum absolute atomic E-state index is 0.158. The van der Waals surface area contributed by atoms with Crippen molar-refractivity contribution in [2.45, 2.75) is 19.8 Å². The van der Waals surface area contributed by atoms with E-state index in [1.54, 1.807) is 6.07 Å². The van der Waals surface area contributed by atoms with Crippen LogP contribution in [0, 0.1) is 6.92 Å². The highest BCUT2D eigenvalue weighted by molar-refractivity contribution is 9.10. The molecular weight excluding hydrogens is 232 g/mol. The molecule has 0 aliphatic rings. The first kappa shape index (κ1) is 10.5. The molecule has 1 aromatic carbocycles. The van der Waals surface area contributed by atoms with Gasteiger partial charge in [0.05, 0.1) is 0 Å². The van der Waals surface area contributed by atoms with Gasteiger partial charge in [0.2, 0.25) is 0 Å². The van der Waals surface area contributed by atoms with Crippen LogP contribution in [0.2, 0.25) is 0 Å². The molecule has 13 heavy (non-hydrogen) atoms. The summed E-state index contributed by atoms with van der Waals surface area (Å²) in [6.45, 7) is 2.11. The van der Waals surface area contributed by atoms with Gasteiger partial charge in [-0.1, -0.05) is 15.9 Å². The molecule has 2 nitrogen and oxygen atoms in total. The fraction of sp³-hybridized carbons (Fsp3) is 0.400. The third-order valence-electron chi connectivity index (χ3n) is 2.09. The first-order valence-electron chi connectivity index (χ1n) is 4.24. The van der Waals surface area contributed by atoms with E-state index in [4.69, 9.17) is 5.11 Å². The number of hydrogen-bond acceptors (Lipinski definition) is 2. The monoisotopic (exact) mass is 244 g/mol. The van der Waals surface area contributed by atoms with E-state index in [9.17, 15) is 5.11 Å². The maximum atomic E-state index is 9.54. The van der Waals surface area contributed by atoms with Gasteiger partial charge in [0.25, 0.3) is 0 Å². The molecule has 0 aliphatic carbocycles. The first-order chi connectivity index (χ1) is 6.16. The lowest BCUT2D eigenvalue weighted by molar-refractivity contribution is 0.288. The molecule has 0 unspecified atom stereocenters. The minimum Gasteiger partial charge on any atom is -0.508 e. The number of aromatic hydroxyl groups is 1. The summed E-state index contributed by atoms with van der Waals surface area (Å²) in [5.41, 5.74) is 1.97. The molecule has 0 radical (unpaired) electrons. The Hall–Kier alpha value is -0.540. The molecule has 0 aliphatic heterocycles. The Morgan fingerprint density at radius 3 is 2.69 bits per heavy atom. The van der Waals surface area contributed by atoms with Crippen LogP contribution in [0.3, 0.4) is 0 Å². The fourth-order valence-electron chi connectivity index (χ4n) is 1.29. The largest absolute Gasteiger partial charge is 0.508 e. The van der Waals surface area contributed by atoms with Crippen LogP contribution in [-0.4, -0.2) is 16.8 Å². The van der Waals surface area contributed by atoms with Crippen molar-refractivity contribution in [3.8, 4) is 5.75 Å². The van der Waals surface area contributed by atoms with Crippen LogP contribution in [0.1, 0.15) is 17.5 Å². The maximum Gasteiger partial charge on any atom is 0.119 e. The Balaban J connectivity index is 2.96. The Kier molecular flexibility index (Phi) is 3.75. The summed E-state index contributed by atoms with van der Waals surface area (Å²) in [7, 11) is 0. The molecule has 0 atom stereocenters. The summed E-state index contributed by atoms with van der Waals surface area (Å²) in [6.07, 6.45) is 1.40. The van der Waals surface area contributed by atoms with E-state index in [-0.39, 0.29) is 6.61 Å². The molecule has 0 bridgehead atoms. The molecule has 0 spiro atoms. The second-order valence-electron chi connectivity index (χ2n) is 3.00. The average molecular weight is 245 g/mol. The standard InChI is InChI=1S/C10H13BrO2/c1-7-8(3-2-6-12)10(13)5-4-9(7)11/h4-5,12-13H,2-3,6H2,1H3. The zero-order chi connectivity index (χ0) is 9.84. The topological polar surface area (TPSA) is 40.5 Å². The lowest BCUT2D eigenvalue weighted by Crippen LogP contribution is -1.94. The van der Waals surface area contributed by atoms with E-state index in [1.807, 2.05) is 13.0 Å². The van der Waals surface area contributed by atoms with Crippen LogP contribution in [-0.2, 0) is 6.42 Å². The van der Waals surface area contributed by atoms with E-state index >= 15 is 0 Å². The van der Waals surface area contributed by atoms with Crippen molar-refractivity contribution in [1.29, 1.82) is 0 Å². The molecular formula is C10H13BrO2. The maximum absolute atomic E-state index is 9.54. The smallest absolute Gasteiger partial charge is 0.119 e. The molecule has 0 heterocycles. The van der Waals surface area contributed by atoms with Gasteiger partial charge >= 0.3 is 0 Å². The van der Waals surface area contributed by atoms with Crippen LogP contribution in [0.5, 0.6) is 5.75 Å². The van der Waals surface area contributed by atoms with Crippen LogP contribution in [0.4, 0.5) is 0 Å². The molecule has 0 fully saturated rings. The van der Waals surface area contributed by atoms with E-state index < -0.39 is 0 Å². The van der Waals surface area contributed by atoms with Crippen molar-refractivity contribution in [3.05, 3.63) is 27.7 Å². The van der Waals surface area contributed by atoms with Crippen LogP contribution < -0.4 is 0 Å². The van der Waals surface area contributed by atoms with Gasteiger partial charge in [-0.15, -0.1) is 0 Å². The van der Waals surface area contributed by atoms with Gasteiger partial charge in [-0.2, -0.15) is 0 Å². The number of phenols is 1. The Bertz CT molecular complexity index is 297.